The molecule has 1 heterocycles. The largest absolute Gasteiger partial charge is 0.167 e. The molecule has 0 aromatic heterocycles. The summed E-state index contributed by atoms with van der Waals surface area (Å²) in [5.41, 5.74) is 0. The average molecular weight is 230 g/mol. The lowest BCUT2D eigenvalue weighted by atomic mass is 10.5. The monoisotopic (exact) mass is 230 g/mol. The summed E-state index contributed by atoms with van der Waals surface area (Å²) >= 11 is 8.26. The van der Waals surface area contributed by atoms with Gasteiger partial charge in [0, 0.05) is 26.9 Å². The van der Waals surface area contributed by atoms with Crippen LogP contribution in [-0.4, -0.2) is 26.9 Å². The van der Waals surface area contributed by atoms with E-state index in [1.807, 2.05) is 21.6 Å². The van der Waals surface area contributed by atoms with Crippen molar-refractivity contribution >= 4 is 57.7 Å². The summed E-state index contributed by atoms with van der Waals surface area (Å²) < 4.78 is 0. The number of thiol groups is 1. The summed E-state index contributed by atoms with van der Waals surface area (Å²) in [6, 6.07) is 0. The fourth-order valence-electron chi connectivity index (χ4n) is 0.506. The van der Waals surface area contributed by atoms with Crippen LogP contribution in [-0.2, 0) is 0 Å². The summed E-state index contributed by atoms with van der Waals surface area (Å²) in [6.07, 6.45) is 0. The molecule has 0 aliphatic carbocycles. The van der Waals surface area contributed by atoms with Crippen LogP contribution in [0, 0.1) is 0 Å². The second-order valence-corrected chi connectivity index (χ2v) is 7.74. The molecule has 1 saturated heterocycles. The molecular formula is C5H10S5. The van der Waals surface area contributed by atoms with Crippen LogP contribution >= 0.6 is 57.7 Å². The first-order chi connectivity index (χ1) is 4.93. The summed E-state index contributed by atoms with van der Waals surface area (Å²) in [6.45, 7) is 0. The van der Waals surface area contributed by atoms with Gasteiger partial charge in [-0.3, -0.25) is 0 Å². The molecule has 0 spiro atoms. The van der Waals surface area contributed by atoms with Crippen molar-refractivity contribution in [3.63, 3.8) is 0 Å². The number of hydrogen-bond acceptors (Lipinski definition) is 5. The standard InChI is InChI=1S/C5H10S5/c6-3-9-10-4-8-5-1-7-2-5/h5-6H,1-4H2. The SMILES string of the molecule is SCSSCSC1CSC1. The summed E-state index contributed by atoms with van der Waals surface area (Å²) in [5, 5.41) is 3.12. The lowest BCUT2D eigenvalue weighted by molar-refractivity contribution is 1.09. The highest BCUT2D eigenvalue weighted by Crippen LogP contribution is 2.34. The highest BCUT2D eigenvalue weighted by molar-refractivity contribution is 8.79. The molecule has 0 nitrogen and oxygen atoms in total. The molecule has 0 N–H and O–H groups in total. The zero-order valence-electron chi connectivity index (χ0n) is 5.49. The van der Waals surface area contributed by atoms with Crippen molar-refractivity contribution in [2.75, 3.05) is 21.7 Å². The van der Waals surface area contributed by atoms with Crippen LogP contribution in [0.5, 0.6) is 0 Å². The maximum Gasteiger partial charge on any atom is 0.0499 e. The third-order valence-corrected chi connectivity index (χ3v) is 7.43. The van der Waals surface area contributed by atoms with E-state index in [1.54, 1.807) is 0 Å². The van der Waals surface area contributed by atoms with Gasteiger partial charge >= 0.3 is 0 Å². The fraction of sp³-hybridized carbons (Fsp3) is 1.00. The fourth-order valence-corrected chi connectivity index (χ4v) is 5.63. The minimum atomic E-state index is 0.935. The van der Waals surface area contributed by atoms with Crippen molar-refractivity contribution in [2.24, 2.45) is 0 Å². The van der Waals surface area contributed by atoms with Crippen LogP contribution in [0.1, 0.15) is 0 Å². The summed E-state index contributed by atoms with van der Waals surface area (Å²) in [7, 11) is 3.76. The van der Waals surface area contributed by atoms with Gasteiger partial charge in [-0.15, -0.1) is 11.8 Å². The van der Waals surface area contributed by atoms with E-state index in [-0.39, 0.29) is 0 Å². The van der Waals surface area contributed by atoms with Crippen LogP contribution in [0.3, 0.4) is 0 Å². The third kappa shape index (κ3) is 3.95. The Morgan fingerprint density at radius 1 is 1.40 bits per heavy atom. The van der Waals surface area contributed by atoms with Gasteiger partial charge in [-0.1, -0.05) is 21.6 Å². The Bertz CT molecular complexity index is 82.1. The molecule has 0 saturated carbocycles. The highest BCUT2D eigenvalue weighted by Gasteiger charge is 2.17. The van der Waals surface area contributed by atoms with Gasteiger partial charge in [0.1, 0.15) is 0 Å². The van der Waals surface area contributed by atoms with Crippen LogP contribution in [0.4, 0.5) is 0 Å². The van der Waals surface area contributed by atoms with Gasteiger partial charge in [0.05, 0.1) is 0 Å². The molecule has 0 atom stereocenters. The zero-order valence-corrected chi connectivity index (χ0v) is 9.65. The Labute approximate surface area is 84.2 Å². The lowest BCUT2D eigenvalue weighted by Crippen LogP contribution is -2.20. The minimum absolute atomic E-state index is 0.935. The summed E-state index contributed by atoms with van der Waals surface area (Å²) in [4.78, 5) is 0. The van der Waals surface area contributed by atoms with Gasteiger partial charge in [0.25, 0.3) is 0 Å². The molecule has 0 unspecified atom stereocenters. The Morgan fingerprint density at radius 2 is 2.20 bits per heavy atom. The lowest BCUT2D eigenvalue weighted by Gasteiger charge is -2.23. The summed E-state index contributed by atoms with van der Waals surface area (Å²) in [5.74, 6) is 2.74. The predicted molar refractivity (Wildman–Crippen MR) is 62.6 cm³/mol. The molecule has 1 fully saturated rings. The van der Waals surface area contributed by atoms with Gasteiger partial charge in [-0.25, -0.2) is 0 Å². The highest BCUT2D eigenvalue weighted by atomic mass is 33.1. The van der Waals surface area contributed by atoms with E-state index < -0.39 is 0 Å². The minimum Gasteiger partial charge on any atom is -0.167 e. The van der Waals surface area contributed by atoms with Crippen molar-refractivity contribution in [1.29, 1.82) is 0 Å². The second-order valence-electron chi connectivity index (χ2n) is 1.81. The average Bonchev–Trinajstić information content (AvgIpc) is 1.84. The first kappa shape index (κ1) is 9.84. The van der Waals surface area contributed by atoms with Crippen LogP contribution in [0.15, 0.2) is 0 Å². The first-order valence-electron chi connectivity index (χ1n) is 2.98. The second kappa shape index (κ2) is 6.29. The van der Waals surface area contributed by atoms with Crippen LogP contribution in [0.25, 0.3) is 0 Å². The molecule has 10 heavy (non-hydrogen) atoms. The van der Waals surface area contributed by atoms with Crippen LogP contribution < -0.4 is 0 Å². The van der Waals surface area contributed by atoms with Gasteiger partial charge in [0.15, 0.2) is 0 Å². The zero-order chi connectivity index (χ0) is 7.23. The van der Waals surface area contributed by atoms with E-state index in [0.717, 1.165) is 10.3 Å². The third-order valence-electron chi connectivity index (χ3n) is 1.10. The van der Waals surface area contributed by atoms with Crippen LogP contribution in [0.2, 0.25) is 0 Å². The smallest absolute Gasteiger partial charge is 0.0499 e. The van der Waals surface area contributed by atoms with E-state index in [4.69, 9.17) is 0 Å². The molecule has 0 aromatic carbocycles. The number of rotatable bonds is 5. The van der Waals surface area contributed by atoms with E-state index in [9.17, 15) is 0 Å². The van der Waals surface area contributed by atoms with Crippen molar-refractivity contribution in [1.82, 2.24) is 0 Å². The Hall–Kier alpha value is 1.75. The Morgan fingerprint density at radius 3 is 2.70 bits per heavy atom. The Kier molecular flexibility index (Phi) is 6.18. The molecular weight excluding hydrogens is 220 g/mol. The van der Waals surface area contributed by atoms with Crippen molar-refractivity contribution < 1.29 is 0 Å². The van der Waals surface area contributed by atoms with Gasteiger partial charge in [-0.2, -0.15) is 24.4 Å². The topological polar surface area (TPSA) is 0 Å². The molecule has 0 radical (unpaired) electrons. The molecule has 5 heteroatoms. The van der Waals surface area contributed by atoms with E-state index in [2.05, 4.69) is 36.2 Å². The van der Waals surface area contributed by atoms with Crippen molar-refractivity contribution in [3.05, 3.63) is 0 Å². The normalized spacial score (nSPS) is 18.9. The Balaban J connectivity index is 1.76. The molecule has 0 amide bonds. The molecule has 0 aromatic rings. The molecule has 1 aliphatic rings. The predicted octanol–water partition coefficient (Wildman–Crippen LogP) is 3.06. The van der Waals surface area contributed by atoms with Gasteiger partial charge in [0.2, 0.25) is 0 Å². The maximum atomic E-state index is 4.11. The van der Waals surface area contributed by atoms with E-state index in [1.165, 1.54) is 16.6 Å². The van der Waals surface area contributed by atoms with E-state index >= 15 is 0 Å². The molecule has 0 bridgehead atoms. The maximum absolute atomic E-state index is 4.11. The molecule has 1 aliphatic heterocycles. The molecule has 1 rings (SSSR count). The quantitative estimate of drug-likeness (QED) is 0.333. The first-order valence-corrected chi connectivity index (χ1v) is 8.30. The van der Waals surface area contributed by atoms with Gasteiger partial charge in [-0.05, 0) is 0 Å². The van der Waals surface area contributed by atoms with E-state index in [0.29, 0.717) is 0 Å². The van der Waals surface area contributed by atoms with Crippen molar-refractivity contribution in [3.8, 4) is 0 Å². The van der Waals surface area contributed by atoms with Crippen molar-refractivity contribution in [2.45, 2.75) is 5.25 Å². The number of hydrogen-bond donors (Lipinski definition) is 1. The van der Waals surface area contributed by atoms with Gasteiger partial charge < -0.3 is 0 Å². The molecule has 60 valence electrons. The number of thioether (sulfide) groups is 2.